The van der Waals surface area contributed by atoms with Crippen LogP contribution in [0, 0.1) is 0 Å². The van der Waals surface area contributed by atoms with Gasteiger partial charge in [-0.25, -0.2) is 0 Å². The molecule has 0 N–H and O–H groups in total. The molecule has 1 aliphatic rings. The molecule has 1 aliphatic carbocycles. The predicted octanol–water partition coefficient (Wildman–Crippen LogP) is 18.0. The summed E-state index contributed by atoms with van der Waals surface area (Å²) in [6.45, 7) is 0. The Morgan fingerprint density at radius 2 is 0.493 bits per heavy atom. The second-order valence-electron chi connectivity index (χ2n) is 17.7. The zero-order valence-electron chi connectivity index (χ0n) is 38.1. The molecule has 0 bridgehead atoms. The fraction of sp³-hybridized carbons (Fsp3) is 0.0149. The van der Waals surface area contributed by atoms with Gasteiger partial charge in [0.25, 0.3) is 0 Å². The molecule has 0 heterocycles. The van der Waals surface area contributed by atoms with Crippen molar-refractivity contribution in [1.82, 2.24) is 0 Å². The van der Waals surface area contributed by atoms with Gasteiger partial charge in [-0.3, -0.25) is 0 Å². The Morgan fingerprint density at radius 1 is 0.203 bits per heavy atom. The highest BCUT2D eigenvalue weighted by atomic mass is 15.1. The maximum atomic E-state index is 2.41. The first-order valence-electron chi connectivity index (χ1n) is 23.7. The van der Waals surface area contributed by atoms with Gasteiger partial charge in [0.1, 0.15) is 0 Å². The van der Waals surface area contributed by atoms with Gasteiger partial charge in [-0.2, -0.15) is 0 Å². The van der Waals surface area contributed by atoms with Crippen LogP contribution in [-0.2, 0) is 5.41 Å². The van der Waals surface area contributed by atoms with Crippen LogP contribution >= 0.6 is 0 Å². The van der Waals surface area contributed by atoms with Crippen molar-refractivity contribution >= 4 is 34.1 Å². The monoisotopic (exact) mass is 880 g/mol. The highest BCUT2D eigenvalue weighted by Crippen LogP contribution is 2.56. The zero-order valence-corrected chi connectivity index (χ0v) is 38.1. The Morgan fingerprint density at radius 3 is 0.928 bits per heavy atom. The van der Waals surface area contributed by atoms with Gasteiger partial charge >= 0.3 is 0 Å². The first-order valence-corrected chi connectivity index (χ1v) is 23.7. The average molecular weight is 881 g/mol. The van der Waals surface area contributed by atoms with Crippen molar-refractivity contribution in [2.45, 2.75) is 5.41 Å². The summed E-state index contributed by atoms with van der Waals surface area (Å²) in [6, 6.07) is 106. The Balaban J connectivity index is 0.897. The SMILES string of the molecule is c1ccc(-c2ccc(N(c3ccc(-c4ccc(-c5ccc(N(c6ccccc6)c6ccccc6)cc5)cc4)cc3)c3cccc(C4(c5ccccc5)c5ccccc5-c5ccccc54)c3)cc2)cc1. The fourth-order valence-electron chi connectivity index (χ4n) is 10.5. The summed E-state index contributed by atoms with van der Waals surface area (Å²) in [7, 11) is 0. The lowest BCUT2D eigenvalue weighted by Crippen LogP contribution is -2.28. The summed E-state index contributed by atoms with van der Waals surface area (Å²) in [5.41, 5.74) is 20.9. The summed E-state index contributed by atoms with van der Waals surface area (Å²) in [5.74, 6) is 0. The van der Waals surface area contributed by atoms with Gasteiger partial charge in [0, 0.05) is 34.1 Å². The number of hydrogen-bond donors (Lipinski definition) is 0. The number of rotatable bonds is 11. The molecule has 0 radical (unpaired) electrons. The van der Waals surface area contributed by atoms with Crippen LogP contribution in [0.1, 0.15) is 22.3 Å². The van der Waals surface area contributed by atoms with Gasteiger partial charge in [0.15, 0.2) is 0 Å². The minimum absolute atomic E-state index is 0.504. The smallest absolute Gasteiger partial charge is 0.0714 e. The summed E-state index contributed by atoms with van der Waals surface area (Å²) in [6.07, 6.45) is 0. The van der Waals surface area contributed by atoms with Crippen LogP contribution in [0.25, 0.3) is 44.5 Å². The Labute approximate surface area is 405 Å². The molecular weight excluding hydrogens is 833 g/mol. The molecule has 12 rings (SSSR count). The van der Waals surface area contributed by atoms with Crippen molar-refractivity contribution in [3.8, 4) is 44.5 Å². The summed E-state index contributed by atoms with van der Waals surface area (Å²) in [4.78, 5) is 4.69. The highest BCUT2D eigenvalue weighted by molar-refractivity contribution is 5.88. The van der Waals surface area contributed by atoms with E-state index in [1.165, 1.54) is 61.2 Å². The lowest BCUT2D eigenvalue weighted by atomic mass is 9.67. The van der Waals surface area contributed by atoms with Crippen molar-refractivity contribution < 1.29 is 0 Å². The number of para-hydroxylation sites is 2. The van der Waals surface area contributed by atoms with Gasteiger partial charge in [0.2, 0.25) is 0 Å². The fourth-order valence-corrected chi connectivity index (χ4v) is 10.5. The van der Waals surface area contributed by atoms with E-state index in [2.05, 4.69) is 301 Å². The van der Waals surface area contributed by atoms with Gasteiger partial charge in [-0.15, -0.1) is 0 Å². The van der Waals surface area contributed by atoms with E-state index in [1.807, 2.05) is 0 Å². The lowest BCUT2D eigenvalue weighted by Gasteiger charge is -2.35. The molecule has 0 saturated heterocycles. The maximum absolute atomic E-state index is 2.41. The molecular formula is C67H48N2. The highest BCUT2D eigenvalue weighted by Gasteiger charge is 2.46. The minimum Gasteiger partial charge on any atom is -0.311 e. The third-order valence-corrected chi connectivity index (χ3v) is 13.8. The molecule has 0 unspecified atom stereocenters. The average Bonchev–Trinajstić information content (AvgIpc) is 3.74. The third-order valence-electron chi connectivity index (χ3n) is 13.8. The largest absolute Gasteiger partial charge is 0.311 e. The Kier molecular flexibility index (Phi) is 10.8. The Bertz CT molecular complexity index is 3410. The molecule has 2 heteroatoms. The first-order chi connectivity index (χ1) is 34.2. The molecule has 0 atom stereocenters. The molecule has 2 nitrogen and oxygen atoms in total. The van der Waals surface area contributed by atoms with Crippen molar-refractivity contribution in [2.24, 2.45) is 0 Å². The molecule has 0 aromatic heterocycles. The number of anilines is 6. The molecule has 11 aromatic carbocycles. The predicted molar refractivity (Wildman–Crippen MR) is 289 cm³/mol. The maximum Gasteiger partial charge on any atom is 0.0714 e. The van der Waals surface area contributed by atoms with E-state index in [9.17, 15) is 0 Å². The minimum atomic E-state index is -0.504. The molecule has 326 valence electrons. The van der Waals surface area contributed by atoms with Crippen LogP contribution in [-0.4, -0.2) is 0 Å². The number of benzene rings is 11. The van der Waals surface area contributed by atoms with Crippen molar-refractivity contribution in [1.29, 1.82) is 0 Å². The molecule has 11 aromatic rings. The molecule has 69 heavy (non-hydrogen) atoms. The van der Waals surface area contributed by atoms with E-state index in [0.717, 1.165) is 39.7 Å². The van der Waals surface area contributed by atoms with E-state index in [1.54, 1.807) is 0 Å². The second-order valence-corrected chi connectivity index (χ2v) is 17.7. The lowest BCUT2D eigenvalue weighted by molar-refractivity contribution is 0.768. The van der Waals surface area contributed by atoms with Gasteiger partial charge in [0.05, 0.1) is 5.41 Å². The van der Waals surface area contributed by atoms with E-state index < -0.39 is 5.41 Å². The molecule has 0 saturated carbocycles. The van der Waals surface area contributed by atoms with Gasteiger partial charge in [-0.1, -0.05) is 218 Å². The van der Waals surface area contributed by atoms with Crippen LogP contribution in [0.15, 0.2) is 291 Å². The zero-order chi connectivity index (χ0) is 46.0. The van der Waals surface area contributed by atoms with Crippen LogP contribution in [0.3, 0.4) is 0 Å². The van der Waals surface area contributed by atoms with Crippen molar-refractivity contribution in [3.63, 3.8) is 0 Å². The normalized spacial score (nSPS) is 12.2. The second kappa shape index (κ2) is 18.0. The van der Waals surface area contributed by atoms with Crippen LogP contribution < -0.4 is 9.80 Å². The molecule has 0 aliphatic heterocycles. The van der Waals surface area contributed by atoms with Crippen molar-refractivity contribution in [3.05, 3.63) is 313 Å². The van der Waals surface area contributed by atoms with Crippen LogP contribution in [0.2, 0.25) is 0 Å². The first kappa shape index (κ1) is 41.5. The molecule has 0 amide bonds. The van der Waals surface area contributed by atoms with E-state index in [0.29, 0.717) is 0 Å². The summed E-state index contributed by atoms with van der Waals surface area (Å²) in [5, 5.41) is 0. The van der Waals surface area contributed by atoms with Gasteiger partial charge < -0.3 is 9.80 Å². The summed E-state index contributed by atoms with van der Waals surface area (Å²) >= 11 is 0. The Hall–Kier alpha value is -8.98. The molecule has 0 fully saturated rings. The van der Waals surface area contributed by atoms with E-state index >= 15 is 0 Å². The topological polar surface area (TPSA) is 6.48 Å². The van der Waals surface area contributed by atoms with Crippen LogP contribution in [0.5, 0.6) is 0 Å². The standard InChI is InChI=1S/C67H48N2/c1-5-18-49(19-6-1)52-36-44-60(45-37-52)69(62-27-17-22-56(48-62)67(55-20-7-2-8-21-55)65-30-15-13-28-63(65)64-29-14-16-31-66(64)67)61-46-40-54(41-47-61)51-34-32-50(33-35-51)53-38-42-59(43-39-53)68(57-23-9-3-10-24-57)58-25-11-4-12-26-58/h1-48H. The third kappa shape index (κ3) is 7.59. The van der Waals surface area contributed by atoms with Crippen molar-refractivity contribution in [2.75, 3.05) is 9.80 Å². The van der Waals surface area contributed by atoms with E-state index in [-0.39, 0.29) is 0 Å². The van der Waals surface area contributed by atoms with Gasteiger partial charge in [-0.05, 0) is 140 Å². The summed E-state index contributed by atoms with van der Waals surface area (Å²) < 4.78 is 0. The number of nitrogens with zero attached hydrogens (tertiary/aromatic N) is 2. The number of hydrogen-bond acceptors (Lipinski definition) is 2. The van der Waals surface area contributed by atoms with E-state index in [4.69, 9.17) is 0 Å². The quantitative estimate of drug-likeness (QED) is 0.128. The molecule has 0 spiro atoms. The number of fused-ring (bicyclic) bond motifs is 3. The van der Waals surface area contributed by atoms with Crippen LogP contribution in [0.4, 0.5) is 34.1 Å².